The molecule has 0 aliphatic heterocycles. The molecule has 1 aromatic carbocycles. The monoisotopic (exact) mass is 226 g/mol. The molecular formula is C11H15ClN2O. The van der Waals surface area contributed by atoms with Gasteiger partial charge in [0.1, 0.15) is 0 Å². The Morgan fingerprint density at radius 3 is 2.47 bits per heavy atom. The first-order valence-electron chi connectivity index (χ1n) is 4.78. The summed E-state index contributed by atoms with van der Waals surface area (Å²) in [5.74, 6) is 0.00678. The van der Waals surface area contributed by atoms with Crippen LogP contribution in [0.5, 0.6) is 0 Å². The van der Waals surface area contributed by atoms with Crippen molar-refractivity contribution in [2.45, 2.75) is 19.4 Å². The third-order valence-electron chi connectivity index (χ3n) is 2.08. The highest BCUT2D eigenvalue weighted by Crippen LogP contribution is 2.17. The summed E-state index contributed by atoms with van der Waals surface area (Å²) in [7, 11) is 1.73. The van der Waals surface area contributed by atoms with E-state index in [0.29, 0.717) is 11.4 Å². The Hall–Kier alpha value is -1.06. The molecule has 0 heterocycles. The lowest BCUT2D eigenvalue weighted by Gasteiger charge is -2.18. The first-order chi connectivity index (χ1) is 7.00. The molecule has 1 unspecified atom stereocenters. The van der Waals surface area contributed by atoms with Gasteiger partial charge >= 0.3 is 0 Å². The molecule has 1 atom stereocenters. The van der Waals surface area contributed by atoms with Crippen molar-refractivity contribution in [2.24, 2.45) is 5.73 Å². The van der Waals surface area contributed by atoms with Gasteiger partial charge in [0.15, 0.2) is 0 Å². The molecule has 82 valence electrons. The van der Waals surface area contributed by atoms with Gasteiger partial charge in [0, 0.05) is 30.2 Å². The molecular weight excluding hydrogens is 212 g/mol. The van der Waals surface area contributed by atoms with Crippen LogP contribution >= 0.6 is 11.6 Å². The zero-order chi connectivity index (χ0) is 11.4. The fraction of sp³-hybridized carbons (Fsp3) is 0.364. The maximum atomic E-state index is 11.7. The Kier molecular flexibility index (Phi) is 4.12. The summed E-state index contributed by atoms with van der Waals surface area (Å²) in [5, 5.41) is 0.659. The van der Waals surface area contributed by atoms with Crippen molar-refractivity contribution >= 4 is 23.2 Å². The smallest absolute Gasteiger partial charge is 0.228 e. The minimum Gasteiger partial charge on any atom is -0.327 e. The highest BCUT2D eigenvalue weighted by Gasteiger charge is 2.12. The second kappa shape index (κ2) is 5.14. The van der Waals surface area contributed by atoms with Crippen LogP contribution in [0.2, 0.25) is 5.02 Å². The largest absolute Gasteiger partial charge is 0.327 e. The predicted octanol–water partition coefficient (Wildman–Crippen LogP) is 2.04. The van der Waals surface area contributed by atoms with E-state index in [1.807, 2.05) is 6.92 Å². The highest BCUT2D eigenvalue weighted by atomic mass is 35.5. The van der Waals surface area contributed by atoms with Crippen LogP contribution in [-0.4, -0.2) is 19.0 Å². The van der Waals surface area contributed by atoms with Gasteiger partial charge in [0.2, 0.25) is 5.91 Å². The van der Waals surface area contributed by atoms with Gasteiger partial charge in [-0.05, 0) is 31.2 Å². The van der Waals surface area contributed by atoms with Crippen molar-refractivity contribution in [2.75, 3.05) is 11.9 Å². The summed E-state index contributed by atoms with van der Waals surface area (Å²) in [6, 6.07) is 7.01. The molecule has 1 rings (SSSR count). The van der Waals surface area contributed by atoms with Crippen LogP contribution in [0.1, 0.15) is 13.3 Å². The van der Waals surface area contributed by atoms with Crippen LogP contribution in [0.3, 0.4) is 0 Å². The number of benzene rings is 1. The first-order valence-corrected chi connectivity index (χ1v) is 5.16. The van der Waals surface area contributed by atoms with Crippen molar-refractivity contribution in [1.29, 1.82) is 0 Å². The Balaban J connectivity index is 2.71. The van der Waals surface area contributed by atoms with Gasteiger partial charge in [-0.25, -0.2) is 0 Å². The number of nitrogens with zero attached hydrogens (tertiary/aromatic N) is 1. The van der Waals surface area contributed by atoms with Crippen LogP contribution in [0.25, 0.3) is 0 Å². The van der Waals surface area contributed by atoms with Crippen LogP contribution in [0.15, 0.2) is 24.3 Å². The third kappa shape index (κ3) is 3.53. The maximum absolute atomic E-state index is 11.7. The van der Waals surface area contributed by atoms with Crippen LogP contribution in [0.4, 0.5) is 5.69 Å². The molecule has 0 aliphatic carbocycles. The minimum atomic E-state index is -0.118. The van der Waals surface area contributed by atoms with Crippen molar-refractivity contribution in [1.82, 2.24) is 0 Å². The number of anilines is 1. The minimum absolute atomic E-state index is 0.00678. The molecule has 4 heteroatoms. The molecule has 0 fully saturated rings. The van der Waals surface area contributed by atoms with Gasteiger partial charge in [-0.1, -0.05) is 11.6 Å². The van der Waals surface area contributed by atoms with Gasteiger partial charge in [-0.2, -0.15) is 0 Å². The number of hydrogen-bond acceptors (Lipinski definition) is 2. The average molecular weight is 227 g/mol. The van der Waals surface area contributed by atoms with Gasteiger partial charge in [-0.15, -0.1) is 0 Å². The van der Waals surface area contributed by atoms with E-state index in [1.54, 1.807) is 36.2 Å². The van der Waals surface area contributed by atoms with E-state index in [9.17, 15) is 4.79 Å². The van der Waals surface area contributed by atoms with Crippen LogP contribution in [-0.2, 0) is 4.79 Å². The van der Waals surface area contributed by atoms with Gasteiger partial charge in [-0.3, -0.25) is 4.79 Å². The standard InChI is InChI=1S/C11H15ClN2O/c1-8(13)7-11(15)14(2)10-5-3-9(12)4-6-10/h3-6,8H,7,13H2,1-2H3. The number of halogens is 1. The molecule has 0 radical (unpaired) electrons. The quantitative estimate of drug-likeness (QED) is 0.858. The molecule has 3 nitrogen and oxygen atoms in total. The van der Waals surface area contributed by atoms with E-state index in [2.05, 4.69) is 0 Å². The molecule has 2 N–H and O–H groups in total. The molecule has 1 amide bonds. The first kappa shape index (κ1) is 12.0. The van der Waals surface area contributed by atoms with Gasteiger partial charge in [0.05, 0.1) is 0 Å². The maximum Gasteiger partial charge on any atom is 0.228 e. The third-order valence-corrected chi connectivity index (χ3v) is 2.34. The van der Waals surface area contributed by atoms with E-state index >= 15 is 0 Å². The van der Waals surface area contributed by atoms with E-state index in [-0.39, 0.29) is 11.9 Å². The molecule has 15 heavy (non-hydrogen) atoms. The fourth-order valence-electron chi connectivity index (χ4n) is 1.22. The molecule has 1 aromatic rings. The lowest BCUT2D eigenvalue weighted by molar-refractivity contribution is -0.118. The van der Waals surface area contributed by atoms with Crippen LogP contribution < -0.4 is 10.6 Å². The summed E-state index contributed by atoms with van der Waals surface area (Å²) in [6.07, 6.45) is 0.346. The van der Waals surface area contributed by atoms with E-state index in [0.717, 1.165) is 5.69 Å². The van der Waals surface area contributed by atoms with E-state index in [4.69, 9.17) is 17.3 Å². The number of amides is 1. The molecule has 0 saturated carbocycles. The second-order valence-electron chi connectivity index (χ2n) is 3.61. The van der Waals surface area contributed by atoms with Crippen LogP contribution in [0, 0.1) is 0 Å². The lowest BCUT2D eigenvalue weighted by atomic mass is 10.2. The molecule has 0 aromatic heterocycles. The Morgan fingerprint density at radius 1 is 1.47 bits per heavy atom. The Morgan fingerprint density at radius 2 is 2.00 bits per heavy atom. The summed E-state index contributed by atoms with van der Waals surface area (Å²) < 4.78 is 0. The summed E-state index contributed by atoms with van der Waals surface area (Å²) in [4.78, 5) is 13.2. The summed E-state index contributed by atoms with van der Waals surface area (Å²) in [6.45, 7) is 1.81. The molecule has 0 aliphatic rings. The van der Waals surface area contributed by atoms with Crippen molar-refractivity contribution < 1.29 is 4.79 Å². The Labute approximate surface area is 94.8 Å². The number of carbonyl (C=O) groups excluding carboxylic acids is 1. The number of hydrogen-bond donors (Lipinski definition) is 1. The topological polar surface area (TPSA) is 46.3 Å². The molecule has 0 bridgehead atoms. The number of carbonyl (C=O) groups is 1. The van der Waals surface area contributed by atoms with E-state index in [1.165, 1.54) is 0 Å². The van der Waals surface area contributed by atoms with Crippen molar-refractivity contribution in [3.63, 3.8) is 0 Å². The average Bonchev–Trinajstić information content (AvgIpc) is 2.17. The normalized spacial score (nSPS) is 12.3. The summed E-state index contributed by atoms with van der Waals surface area (Å²) >= 11 is 5.76. The SMILES string of the molecule is CC(N)CC(=O)N(C)c1ccc(Cl)cc1. The van der Waals surface area contributed by atoms with Crippen molar-refractivity contribution in [3.05, 3.63) is 29.3 Å². The number of rotatable bonds is 3. The zero-order valence-corrected chi connectivity index (χ0v) is 9.66. The molecule has 0 spiro atoms. The van der Waals surface area contributed by atoms with Gasteiger partial charge < -0.3 is 10.6 Å². The van der Waals surface area contributed by atoms with E-state index < -0.39 is 0 Å². The summed E-state index contributed by atoms with van der Waals surface area (Å²) in [5.41, 5.74) is 6.39. The lowest BCUT2D eigenvalue weighted by Crippen LogP contribution is -2.31. The predicted molar refractivity (Wildman–Crippen MR) is 63.1 cm³/mol. The number of nitrogens with two attached hydrogens (primary N) is 1. The molecule has 0 saturated heterocycles. The van der Waals surface area contributed by atoms with Gasteiger partial charge in [0.25, 0.3) is 0 Å². The fourth-order valence-corrected chi connectivity index (χ4v) is 1.35. The second-order valence-corrected chi connectivity index (χ2v) is 4.05. The van der Waals surface area contributed by atoms with Crippen molar-refractivity contribution in [3.8, 4) is 0 Å². The Bertz CT molecular complexity index is 335. The highest BCUT2D eigenvalue weighted by molar-refractivity contribution is 6.30. The zero-order valence-electron chi connectivity index (χ0n) is 8.90.